The van der Waals surface area contributed by atoms with Gasteiger partial charge in [0.05, 0.1) is 5.69 Å². The van der Waals surface area contributed by atoms with Gasteiger partial charge < -0.3 is 15.4 Å². The van der Waals surface area contributed by atoms with Crippen molar-refractivity contribution in [3.8, 4) is 5.75 Å². The Morgan fingerprint density at radius 3 is 2.26 bits per heavy atom. The zero-order chi connectivity index (χ0) is 22.4. The first-order chi connectivity index (χ1) is 14.8. The van der Waals surface area contributed by atoms with Crippen LogP contribution in [0.25, 0.3) is 0 Å². The van der Waals surface area contributed by atoms with E-state index in [4.69, 9.17) is 16.3 Å². The van der Waals surface area contributed by atoms with Crippen molar-refractivity contribution < 1.29 is 14.3 Å². The number of hydrogen-bond donors (Lipinski definition) is 2. The molecule has 6 nitrogen and oxygen atoms in total. The van der Waals surface area contributed by atoms with Gasteiger partial charge >= 0.3 is 0 Å². The Morgan fingerprint density at radius 1 is 1.03 bits per heavy atom. The van der Waals surface area contributed by atoms with E-state index in [0.717, 1.165) is 0 Å². The molecule has 2 amide bonds. The number of aromatic nitrogens is 1. The molecule has 162 valence electrons. The minimum Gasteiger partial charge on any atom is -0.486 e. The Balaban J connectivity index is 1.57. The van der Waals surface area contributed by atoms with E-state index in [1.165, 1.54) is 11.3 Å². The number of thiazole rings is 1. The van der Waals surface area contributed by atoms with E-state index in [-0.39, 0.29) is 18.4 Å². The van der Waals surface area contributed by atoms with Crippen molar-refractivity contribution in [2.75, 3.05) is 10.6 Å². The molecule has 0 saturated carbocycles. The van der Waals surface area contributed by atoms with Crippen LogP contribution in [-0.4, -0.2) is 16.8 Å². The smallest absolute Gasteiger partial charge is 0.267 e. The number of halogens is 1. The Bertz CT molecular complexity index is 1050. The van der Waals surface area contributed by atoms with Crippen LogP contribution in [0, 0.1) is 12.8 Å². The van der Waals surface area contributed by atoms with Gasteiger partial charge in [-0.1, -0.05) is 25.4 Å². The molecule has 0 unspecified atom stereocenters. The molecule has 8 heteroatoms. The molecule has 0 spiro atoms. The third-order valence-corrected chi connectivity index (χ3v) is 5.62. The number of nitrogens with zero attached hydrogens (tertiary/aromatic N) is 1. The number of benzene rings is 2. The first-order valence-electron chi connectivity index (χ1n) is 9.86. The van der Waals surface area contributed by atoms with E-state index in [1.54, 1.807) is 55.5 Å². The van der Waals surface area contributed by atoms with Crippen LogP contribution >= 0.6 is 22.9 Å². The number of nitrogens with one attached hydrogen (secondary N) is 2. The fourth-order valence-electron chi connectivity index (χ4n) is 2.81. The number of amides is 2. The van der Waals surface area contributed by atoms with Gasteiger partial charge in [-0.05, 0) is 61.4 Å². The summed E-state index contributed by atoms with van der Waals surface area (Å²) in [6.07, 6.45) is 0.465. The summed E-state index contributed by atoms with van der Waals surface area (Å²) in [7, 11) is 0. The van der Waals surface area contributed by atoms with E-state index >= 15 is 0 Å². The van der Waals surface area contributed by atoms with E-state index in [1.807, 2.05) is 13.8 Å². The van der Waals surface area contributed by atoms with Crippen LogP contribution in [0.1, 0.15) is 40.6 Å². The molecule has 0 aliphatic rings. The third kappa shape index (κ3) is 6.80. The highest BCUT2D eigenvalue weighted by Crippen LogP contribution is 2.23. The predicted octanol–water partition coefficient (Wildman–Crippen LogP) is 5.92. The third-order valence-electron chi connectivity index (χ3n) is 4.24. The predicted molar refractivity (Wildman–Crippen MR) is 125 cm³/mol. The summed E-state index contributed by atoms with van der Waals surface area (Å²) < 4.78 is 5.71. The summed E-state index contributed by atoms with van der Waals surface area (Å²) in [5, 5.41) is 7.07. The molecule has 1 heterocycles. The molecule has 31 heavy (non-hydrogen) atoms. The quantitative estimate of drug-likeness (QED) is 0.440. The Morgan fingerprint density at radius 2 is 1.65 bits per heavy atom. The molecular weight excluding hydrogens is 434 g/mol. The number of hydrogen-bond acceptors (Lipinski definition) is 5. The summed E-state index contributed by atoms with van der Waals surface area (Å²) >= 11 is 7.17. The maximum absolute atomic E-state index is 12.7. The molecule has 0 atom stereocenters. The van der Waals surface area contributed by atoms with Gasteiger partial charge in [0.25, 0.3) is 5.91 Å². The van der Waals surface area contributed by atoms with Crippen LogP contribution in [0.5, 0.6) is 5.75 Å². The number of rotatable bonds is 8. The molecule has 2 aromatic carbocycles. The summed E-state index contributed by atoms with van der Waals surface area (Å²) in [6, 6.07) is 14.1. The lowest BCUT2D eigenvalue weighted by molar-refractivity contribution is -0.116. The second-order valence-electron chi connectivity index (χ2n) is 7.44. The Hall–Kier alpha value is -2.90. The first kappa shape index (κ1) is 22.8. The van der Waals surface area contributed by atoms with E-state index in [0.29, 0.717) is 50.1 Å². The van der Waals surface area contributed by atoms with Gasteiger partial charge in [0.1, 0.15) is 22.2 Å². The van der Waals surface area contributed by atoms with Crippen LogP contribution in [0.2, 0.25) is 5.02 Å². The highest BCUT2D eigenvalue weighted by molar-refractivity contribution is 7.13. The van der Waals surface area contributed by atoms with Crippen molar-refractivity contribution >= 4 is 46.1 Å². The second kappa shape index (κ2) is 10.4. The average molecular weight is 458 g/mol. The number of carbonyl (C=O) groups excluding carboxylic acids is 2. The van der Waals surface area contributed by atoms with Crippen LogP contribution in [0.15, 0.2) is 48.5 Å². The van der Waals surface area contributed by atoms with Crippen LogP contribution < -0.4 is 15.4 Å². The average Bonchev–Trinajstić information content (AvgIpc) is 3.09. The van der Waals surface area contributed by atoms with Gasteiger partial charge in [0, 0.05) is 22.8 Å². The second-order valence-corrected chi connectivity index (χ2v) is 8.96. The molecule has 0 aliphatic carbocycles. The van der Waals surface area contributed by atoms with E-state index in [9.17, 15) is 9.59 Å². The standard InChI is InChI=1S/C23H24ClN3O3S/c1-14(2)12-20(28)26-17-6-8-18(9-7-17)27-23(29)22-15(3)25-21(31-22)13-30-19-10-4-16(24)5-11-19/h4-11,14H,12-13H2,1-3H3,(H,26,28)(H,27,29). The highest BCUT2D eigenvalue weighted by atomic mass is 35.5. The fraction of sp³-hybridized carbons (Fsp3) is 0.261. The molecule has 0 saturated heterocycles. The van der Waals surface area contributed by atoms with Gasteiger partial charge in [-0.3, -0.25) is 9.59 Å². The maximum atomic E-state index is 12.7. The van der Waals surface area contributed by atoms with Crippen molar-refractivity contribution in [1.82, 2.24) is 4.98 Å². The number of ether oxygens (including phenoxy) is 1. The van der Waals surface area contributed by atoms with Crippen molar-refractivity contribution in [3.63, 3.8) is 0 Å². The van der Waals surface area contributed by atoms with Crippen molar-refractivity contribution in [2.24, 2.45) is 5.92 Å². The molecule has 0 fully saturated rings. The molecule has 2 N–H and O–H groups in total. The molecule has 0 aliphatic heterocycles. The first-order valence-corrected chi connectivity index (χ1v) is 11.1. The Labute approximate surface area is 190 Å². The van der Waals surface area contributed by atoms with Crippen molar-refractivity contribution in [1.29, 1.82) is 0 Å². The van der Waals surface area contributed by atoms with Gasteiger partial charge in [0.15, 0.2) is 0 Å². The minimum atomic E-state index is -0.232. The van der Waals surface area contributed by atoms with Gasteiger partial charge in [-0.15, -0.1) is 11.3 Å². The maximum Gasteiger partial charge on any atom is 0.267 e. The Kier molecular flexibility index (Phi) is 7.65. The topological polar surface area (TPSA) is 80.3 Å². The molecule has 3 aromatic rings. The molecular formula is C23H24ClN3O3S. The summed E-state index contributed by atoms with van der Waals surface area (Å²) in [4.78, 5) is 29.5. The zero-order valence-electron chi connectivity index (χ0n) is 17.6. The SMILES string of the molecule is Cc1nc(COc2ccc(Cl)cc2)sc1C(=O)Nc1ccc(NC(=O)CC(C)C)cc1. The van der Waals surface area contributed by atoms with Crippen LogP contribution in [0.4, 0.5) is 11.4 Å². The van der Waals surface area contributed by atoms with Crippen molar-refractivity contribution in [2.45, 2.75) is 33.8 Å². The number of aryl methyl sites for hydroxylation is 1. The lowest BCUT2D eigenvalue weighted by Gasteiger charge is -2.09. The van der Waals surface area contributed by atoms with E-state index < -0.39 is 0 Å². The summed E-state index contributed by atoms with van der Waals surface area (Å²) in [5.74, 6) is 0.719. The largest absolute Gasteiger partial charge is 0.486 e. The van der Waals surface area contributed by atoms with Gasteiger partial charge in [-0.2, -0.15) is 0 Å². The lowest BCUT2D eigenvalue weighted by atomic mass is 10.1. The monoisotopic (exact) mass is 457 g/mol. The normalized spacial score (nSPS) is 10.7. The van der Waals surface area contributed by atoms with Crippen LogP contribution in [-0.2, 0) is 11.4 Å². The molecule has 3 rings (SSSR count). The molecule has 1 aromatic heterocycles. The molecule has 0 radical (unpaired) electrons. The number of anilines is 2. The fourth-order valence-corrected chi connectivity index (χ4v) is 3.81. The van der Waals surface area contributed by atoms with E-state index in [2.05, 4.69) is 15.6 Å². The van der Waals surface area contributed by atoms with Gasteiger partial charge in [0.2, 0.25) is 5.91 Å². The highest BCUT2D eigenvalue weighted by Gasteiger charge is 2.16. The zero-order valence-corrected chi connectivity index (χ0v) is 19.1. The van der Waals surface area contributed by atoms with Gasteiger partial charge in [-0.25, -0.2) is 4.98 Å². The minimum absolute atomic E-state index is 0.0274. The van der Waals surface area contributed by atoms with Crippen molar-refractivity contribution in [3.05, 3.63) is 69.1 Å². The number of carbonyl (C=O) groups is 2. The lowest BCUT2D eigenvalue weighted by Crippen LogP contribution is -2.14. The molecule has 0 bridgehead atoms. The summed E-state index contributed by atoms with van der Waals surface area (Å²) in [6.45, 7) is 6.06. The summed E-state index contributed by atoms with van der Waals surface area (Å²) in [5.41, 5.74) is 1.98. The van der Waals surface area contributed by atoms with Crippen LogP contribution in [0.3, 0.4) is 0 Å².